The van der Waals surface area contributed by atoms with Crippen LogP contribution in [0.25, 0.3) is 0 Å². The molecule has 1 atom stereocenters. The first kappa shape index (κ1) is 4.58. The predicted octanol–water partition coefficient (Wildman–Crippen LogP) is 0.561. The summed E-state index contributed by atoms with van der Waals surface area (Å²) < 4.78 is 0. The van der Waals surface area contributed by atoms with Crippen LogP contribution in [0.5, 0.6) is 0 Å². The SMILES string of the molecule is C=S=BP. The molecule has 0 aliphatic rings. The van der Waals surface area contributed by atoms with Crippen molar-refractivity contribution in [3.05, 3.63) is 0 Å². The maximum atomic E-state index is 3.44. The van der Waals surface area contributed by atoms with Crippen LogP contribution in [0.4, 0.5) is 0 Å². The molecule has 0 aliphatic heterocycles. The first-order valence-corrected chi connectivity index (χ1v) is 2.57. The van der Waals surface area contributed by atoms with Crippen LogP contribution >= 0.6 is 19.9 Å². The summed E-state index contributed by atoms with van der Waals surface area (Å²) in [5.41, 5.74) is 0. The molecule has 0 amide bonds. The Bertz CT molecular complexity index is 46.0. The van der Waals surface area contributed by atoms with E-state index in [9.17, 15) is 0 Å². The third-order valence-corrected chi connectivity index (χ3v) is 0.866. The maximum absolute atomic E-state index is 3.44. The molecule has 0 aliphatic carbocycles. The molecule has 0 spiro atoms. The topological polar surface area (TPSA) is 0 Å². The van der Waals surface area contributed by atoms with Crippen molar-refractivity contribution in [3.8, 4) is 0 Å². The quantitative estimate of drug-likeness (QED) is 0.231. The van der Waals surface area contributed by atoms with Crippen LogP contribution in [-0.2, 0) is 0 Å². The number of hydrogen-bond donors (Lipinski definition) is 0. The van der Waals surface area contributed by atoms with E-state index in [0.29, 0.717) is 0 Å². The van der Waals surface area contributed by atoms with Gasteiger partial charge in [0.25, 0.3) is 0 Å². The Kier molecular flexibility index (Phi) is 4.11. The second kappa shape index (κ2) is 3.58. The van der Waals surface area contributed by atoms with E-state index >= 15 is 0 Å². The first-order chi connectivity index (χ1) is 1.91. The summed E-state index contributed by atoms with van der Waals surface area (Å²) >= 11 is 0. The Morgan fingerprint density at radius 1 is 2.00 bits per heavy atom. The van der Waals surface area contributed by atoms with E-state index in [4.69, 9.17) is 0 Å². The Balaban J connectivity index is 3.11. The molecule has 0 radical (unpaired) electrons. The molecule has 4 heavy (non-hydrogen) atoms. The molecule has 0 fully saturated rings. The van der Waals surface area contributed by atoms with Crippen LogP contribution in [0, 0.1) is 0 Å². The molecule has 0 N–H and O–H groups in total. The van der Waals surface area contributed by atoms with Gasteiger partial charge in [0.05, 0.1) is 0 Å². The number of hydrogen-bond acceptors (Lipinski definition) is 0. The van der Waals surface area contributed by atoms with E-state index in [2.05, 4.69) is 15.0 Å². The molecule has 0 aromatic rings. The Labute approximate surface area is 32.4 Å². The van der Waals surface area contributed by atoms with Gasteiger partial charge >= 0.3 is 31.6 Å². The Morgan fingerprint density at radius 3 is 2.25 bits per heavy atom. The van der Waals surface area contributed by atoms with Gasteiger partial charge in [-0.25, -0.2) is 0 Å². The van der Waals surface area contributed by atoms with Crippen LogP contribution in [0.2, 0.25) is 0 Å². The summed E-state index contributed by atoms with van der Waals surface area (Å²) in [7, 11) is 3.88. The molecule has 0 heterocycles. The van der Waals surface area contributed by atoms with E-state index in [1.165, 1.54) is 10.8 Å². The van der Waals surface area contributed by atoms with E-state index in [0.717, 1.165) is 0 Å². The van der Waals surface area contributed by atoms with Crippen LogP contribution in [0.3, 0.4) is 0 Å². The summed E-state index contributed by atoms with van der Waals surface area (Å²) in [4.78, 5) is 0. The van der Waals surface area contributed by atoms with Crippen LogP contribution in [-0.4, -0.2) is 11.7 Å². The average Bonchev–Trinajstić information content (AvgIpc) is 1.37. The molecule has 0 bridgehead atoms. The fraction of sp³-hybridized carbons (Fsp3) is 0. The monoisotopic (exact) mass is 90.0 g/mol. The van der Waals surface area contributed by atoms with Gasteiger partial charge in [-0.2, -0.15) is 0 Å². The summed E-state index contributed by atoms with van der Waals surface area (Å²) in [6, 6.07) is 0. The van der Waals surface area contributed by atoms with Gasteiger partial charge in [0, 0.05) is 0 Å². The molecular formula is CH4BPS. The van der Waals surface area contributed by atoms with Crippen LogP contribution in [0.1, 0.15) is 0 Å². The molecule has 1 unspecified atom stereocenters. The zero-order valence-corrected chi connectivity index (χ0v) is 4.24. The van der Waals surface area contributed by atoms with Crippen molar-refractivity contribution in [1.29, 1.82) is 0 Å². The summed E-state index contributed by atoms with van der Waals surface area (Å²) in [5.74, 6) is 5.29. The molecule has 0 aromatic carbocycles. The average molecular weight is 89.9 g/mol. The second-order valence-electron chi connectivity index (χ2n) is 0.303. The van der Waals surface area contributed by atoms with Gasteiger partial charge in [-0.05, 0) is 0 Å². The molecule has 0 aromatic heterocycles. The normalized spacial score (nSPS) is 4.25. The van der Waals surface area contributed by atoms with E-state index < -0.39 is 0 Å². The van der Waals surface area contributed by atoms with Crippen molar-refractivity contribution in [2.75, 3.05) is 0 Å². The summed E-state index contributed by atoms with van der Waals surface area (Å²) in [5, 5.41) is 0. The van der Waals surface area contributed by atoms with Gasteiger partial charge < -0.3 is 0 Å². The molecule has 0 nitrogen and oxygen atoms in total. The van der Waals surface area contributed by atoms with Crippen molar-refractivity contribution in [2.45, 2.75) is 0 Å². The standard InChI is InChI=1S/CH4BPS/c1-4-2-3/h1,3H2. The van der Waals surface area contributed by atoms with Crippen molar-refractivity contribution in [1.82, 2.24) is 0 Å². The summed E-state index contributed by atoms with van der Waals surface area (Å²) in [6.07, 6.45) is 0. The van der Waals surface area contributed by atoms with Gasteiger partial charge in [-0.15, -0.1) is 0 Å². The van der Waals surface area contributed by atoms with Crippen molar-refractivity contribution in [2.24, 2.45) is 0 Å². The Hall–Kier alpha value is 0.585. The van der Waals surface area contributed by atoms with Crippen LogP contribution < -0.4 is 0 Å². The molecule has 0 saturated heterocycles. The zero-order chi connectivity index (χ0) is 3.41. The third kappa shape index (κ3) is 2.58. The molecule has 22 valence electrons. The predicted molar refractivity (Wildman–Crippen MR) is 30.2 cm³/mol. The minimum absolute atomic E-state index is 1.44. The second-order valence-corrected chi connectivity index (χ2v) is 1.72. The van der Waals surface area contributed by atoms with E-state index in [1.807, 2.05) is 5.87 Å². The zero-order valence-electron chi connectivity index (χ0n) is 2.27. The molecule has 0 rings (SSSR count). The van der Waals surface area contributed by atoms with Gasteiger partial charge in [0.2, 0.25) is 0 Å². The minimum atomic E-state index is 1.44. The van der Waals surface area contributed by atoms with E-state index in [1.54, 1.807) is 0 Å². The summed E-state index contributed by atoms with van der Waals surface area (Å²) in [6.45, 7) is 0. The van der Waals surface area contributed by atoms with Gasteiger partial charge in [0.1, 0.15) is 0 Å². The van der Waals surface area contributed by atoms with Crippen molar-refractivity contribution < 1.29 is 0 Å². The van der Waals surface area contributed by atoms with Gasteiger partial charge in [-0.1, -0.05) is 0 Å². The van der Waals surface area contributed by atoms with Crippen LogP contribution in [0.15, 0.2) is 0 Å². The fourth-order valence-electron chi connectivity index (χ4n) is 0. The number of rotatable bonds is 0. The molecular weight excluding hydrogens is 85.9 g/mol. The van der Waals surface area contributed by atoms with Crippen molar-refractivity contribution >= 4 is 31.6 Å². The first-order valence-electron chi connectivity index (χ1n) is 0.858. The third-order valence-electron chi connectivity index (χ3n) is 0.0962. The molecule has 3 heteroatoms. The van der Waals surface area contributed by atoms with Crippen molar-refractivity contribution in [3.63, 3.8) is 0 Å². The fourth-order valence-corrected chi connectivity index (χ4v) is 0. The van der Waals surface area contributed by atoms with Gasteiger partial charge in [0.15, 0.2) is 0 Å². The molecule has 0 saturated carbocycles. The Morgan fingerprint density at radius 2 is 2.25 bits per heavy atom. The van der Waals surface area contributed by atoms with E-state index in [-0.39, 0.29) is 0 Å². The van der Waals surface area contributed by atoms with Gasteiger partial charge in [-0.3, -0.25) is 0 Å².